The van der Waals surface area contributed by atoms with E-state index in [0.717, 1.165) is 18.7 Å². The molecule has 4 nitrogen and oxygen atoms in total. The van der Waals surface area contributed by atoms with Crippen LogP contribution < -0.4 is 5.32 Å². The summed E-state index contributed by atoms with van der Waals surface area (Å²) in [7, 11) is 0. The number of benzene rings is 1. The van der Waals surface area contributed by atoms with Crippen molar-refractivity contribution in [2.45, 2.75) is 36.9 Å². The van der Waals surface area contributed by atoms with Gasteiger partial charge in [-0.05, 0) is 44.5 Å². The Hall–Kier alpha value is -1.51. The van der Waals surface area contributed by atoms with E-state index in [0.29, 0.717) is 10.8 Å². The molecule has 0 saturated carbocycles. The van der Waals surface area contributed by atoms with Gasteiger partial charge in [0.05, 0.1) is 23.0 Å². The van der Waals surface area contributed by atoms with E-state index in [1.165, 1.54) is 0 Å². The molecule has 1 heterocycles. The maximum Gasteiger partial charge on any atom is 0.237 e. The van der Waals surface area contributed by atoms with E-state index >= 15 is 0 Å². The number of amides is 1. The van der Waals surface area contributed by atoms with Gasteiger partial charge in [0.1, 0.15) is 0 Å². The van der Waals surface area contributed by atoms with Gasteiger partial charge in [-0.15, -0.1) is 11.8 Å². The molecular formula is C15H18N2O2S. The first-order valence-corrected chi connectivity index (χ1v) is 7.62. The Morgan fingerprint density at radius 1 is 1.50 bits per heavy atom. The van der Waals surface area contributed by atoms with Crippen LogP contribution >= 0.6 is 11.8 Å². The predicted molar refractivity (Wildman–Crippen MR) is 80.7 cm³/mol. The SMILES string of the molecule is CC(SC1CCOC1C)C(=O)Nc1ccc(C#N)cc1. The van der Waals surface area contributed by atoms with Crippen molar-refractivity contribution in [1.29, 1.82) is 5.26 Å². The van der Waals surface area contributed by atoms with Gasteiger partial charge in [0.25, 0.3) is 0 Å². The molecule has 1 saturated heterocycles. The Morgan fingerprint density at radius 2 is 2.20 bits per heavy atom. The number of nitrogens with zero attached hydrogens (tertiary/aromatic N) is 1. The van der Waals surface area contributed by atoms with Crippen molar-refractivity contribution in [3.05, 3.63) is 29.8 Å². The first-order chi connectivity index (χ1) is 9.60. The number of rotatable bonds is 4. The molecule has 1 aromatic rings. The molecule has 1 fully saturated rings. The van der Waals surface area contributed by atoms with Gasteiger partial charge < -0.3 is 10.1 Å². The molecular weight excluding hydrogens is 272 g/mol. The lowest BCUT2D eigenvalue weighted by molar-refractivity contribution is -0.115. The Labute approximate surface area is 123 Å². The van der Waals surface area contributed by atoms with Crippen LogP contribution in [0, 0.1) is 11.3 Å². The van der Waals surface area contributed by atoms with E-state index < -0.39 is 0 Å². The van der Waals surface area contributed by atoms with Gasteiger partial charge in [-0.1, -0.05) is 0 Å². The summed E-state index contributed by atoms with van der Waals surface area (Å²) >= 11 is 1.66. The first kappa shape index (κ1) is 14.9. The third-order valence-electron chi connectivity index (χ3n) is 3.34. The maximum atomic E-state index is 12.1. The number of ether oxygens (including phenoxy) is 1. The summed E-state index contributed by atoms with van der Waals surface area (Å²) in [5, 5.41) is 11.9. The highest BCUT2D eigenvalue weighted by molar-refractivity contribution is 8.01. The van der Waals surface area contributed by atoms with E-state index in [1.807, 2.05) is 6.92 Å². The summed E-state index contributed by atoms with van der Waals surface area (Å²) < 4.78 is 5.51. The average Bonchev–Trinajstić information content (AvgIpc) is 2.85. The van der Waals surface area contributed by atoms with Gasteiger partial charge in [-0.25, -0.2) is 0 Å². The fourth-order valence-electron chi connectivity index (χ4n) is 2.09. The molecule has 0 aliphatic carbocycles. The number of nitrogens with one attached hydrogen (secondary N) is 1. The molecule has 1 aliphatic heterocycles. The quantitative estimate of drug-likeness (QED) is 0.926. The first-order valence-electron chi connectivity index (χ1n) is 6.68. The molecule has 0 bridgehead atoms. The summed E-state index contributed by atoms with van der Waals surface area (Å²) in [6, 6.07) is 8.93. The number of hydrogen-bond donors (Lipinski definition) is 1. The monoisotopic (exact) mass is 290 g/mol. The lowest BCUT2D eigenvalue weighted by atomic mass is 10.2. The molecule has 1 aromatic carbocycles. The van der Waals surface area contributed by atoms with Gasteiger partial charge >= 0.3 is 0 Å². The van der Waals surface area contributed by atoms with Gasteiger partial charge in [-0.2, -0.15) is 5.26 Å². The highest BCUT2D eigenvalue weighted by Crippen LogP contribution is 2.30. The molecule has 3 atom stereocenters. The van der Waals surface area contributed by atoms with Crippen molar-refractivity contribution in [2.75, 3.05) is 11.9 Å². The number of anilines is 1. The van der Waals surface area contributed by atoms with Crippen LogP contribution in [0.15, 0.2) is 24.3 Å². The number of nitriles is 1. The summed E-state index contributed by atoms with van der Waals surface area (Å²) in [5.41, 5.74) is 1.31. The molecule has 0 radical (unpaired) electrons. The van der Waals surface area contributed by atoms with E-state index in [4.69, 9.17) is 10.00 Å². The summed E-state index contributed by atoms with van der Waals surface area (Å²) in [6.07, 6.45) is 1.21. The standard InChI is InChI=1S/C15H18N2O2S/c1-10-14(7-8-19-10)20-11(2)15(18)17-13-5-3-12(9-16)4-6-13/h3-6,10-11,14H,7-8H2,1-2H3,(H,17,18). The Balaban J connectivity index is 1.88. The number of carbonyl (C=O) groups excluding carboxylic acids is 1. The molecule has 1 amide bonds. The third kappa shape index (κ3) is 3.75. The Kier molecular flexibility index (Phi) is 5.05. The second kappa shape index (κ2) is 6.78. The van der Waals surface area contributed by atoms with E-state index in [9.17, 15) is 4.79 Å². The summed E-state index contributed by atoms with van der Waals surface area (Å²) in [4.78, 5) is 12.1. The minimum atomic E-state index is -0.125. The van der Waals surface area contributed by atoms with Crippen molar-refractivity contribution in [3.8, 4) is 6.07 Å². The van der Waals surface area contributed by atoms with Crippen molar-refractivity contribution < 1.29 is 9.53 Å². The lowest BCUT2D eigenvalue weighted by Gasteiger charge is -2.18. The van der Waals surface area contributed by atoms with Crippen LogP contribution in [0.1, 0.15) is 25.8 Å². The molecule has 1 N–H and O–H groups in total. The highest BCUT2D eigenvalue weighted by Gasteiger charge is 2.28. The van der Waals surface area contributed by atoms with Crippen LogP contribution in [-0.4, -0.2) is 29.1 Å². The van der Waals surface area contributed by atoms with Crippen LogP contribution in [0.3, 0.4) is 0 Å². The van der Waals surface area contributed by atoms with Crippen molar-refractivity contribution in [2.24, 2.45) is 0 Å². The minimum absolute atomic E-state index is 0.0150. The molecule has 1 aliphatic rings. The van der Waals surface area contributed by atoms with Crippen LogP contribution in [0.5, 0.6) is 0 Å². The topological polar surface area (TPSA) is 62.1 Å². The van der Waals surface area contributed by atoms with Gasteiger partial charge in [-0.3, -0.25) is 4.79 Å². The molecule has 0 aromatic heterocycles. The highest BCUT2D eigenvalue weighted by atomic mass is 32.2. The molecule has 20 heavy (non-hydrogen) atoms. The van der Waals surface area contributed by atoms with Crippen molar-refractivity contribution in [1.82, 2.24) is 0 Å². The van der Waals surface area contributed by atoms with Crippen LogP contribution in [-0.2, 0) is 9.53 Å². The largest absolute Gasteiger partial charge is 0.377 e. The van der Waals surface area contributed by atoms with Gasteiger partial charge in [0, 0.05) is 17.5 Å². The normalized spacial score (nSPS) is 23.1. The maximum absolute atomic E-state index is 12.1. The summed E-state index contributed by atoms with van der Waals surface area (Å²) in [5.74, 6) is -0.0150. The molecule has 2 rings (SSSR count). The van der Waals surface area contributed by atoms with Gasteiger partial charge in [0.2, 0.25) is 5.91 Å². The molecule has 5 heteroatoms. The second-order valence-electron chi connectivity index (χ2n) is 4.86. The van der Waals surface area contributed by atoms with E-state index in [-0.39, 0.29) is 17.3 Å². The van der Waals surface area contributed by atoms with Crippen LogP contribution in [0.25, 0.3) is 0 Å². The van der Waals surface area contributed by atoms with Gasteiger partial charge in [0.15, 0.2) is 0 Å². The average molecular weight is 290 g/mol. The third-order valence-corrected chi connectivity index (χ3v) is 4.93. The predicted octanol–water partition coefficient (Wildman–Crippen LogP) is 2.80. The Bertz CT molecular complexity index is 510. The molecule has 106 valence electrons. The number of carbonyl (C=O) groups is 1. The summed E-state index contributed by atoms with van der Waals surface area (Å²) in [6.45, 7) is 4.74. The van der Waals surface area contributed by atoms with E-state index in [1.54, 1.807) is 36.0 Å². The lowest BCUT2D eigenvalue weighted by Crippen LogP contribution is -2.26. The Morgan fingerprint density at radius 3 is 2.75 bits per heavy atom. The van der Waals surface area contributed by atoms with E-state index in [2.05, 4.69) is 18.3 Å². The van der Waals surface area contributed by atoms with Crippen LogP contribution in [0.2, 0.25) is 0 Å². The van der Waals surface area contributed by atoms with Crippen molar-refractivity contribution in [3.63, 3.8) is 0 Å². The zero-order valence-corrected chi connectivity index (χ0v) is 12.4. The van der Waals surface area contributed by atoms with Crippen LogP contribution in [0.4, 0.5) is 5.69 Å². The van der Waals surface area contributed by atoms with Crippen molar-refractivity contribution >= 4 is 23.4 Å². The second-order valence-corrected chi connectivity index (χ2v) is 6.44. The molecule has 3 unspecified atom stereocenters. The fourth-order valence-corrected chi connectivity index (χ4v) is 3.33. The number of thioether (sulfide) groups is 1. The zero-order valence-electron chi connectivity index (χ0n) is 11.6. The fraction of sp³-hybridized carbons (Fsp3) is 0.467. The number of hydrogen-bond acceptors (Lipinski definition) is 4. The zero-order chi connectivity index (χ0) is 14.5. The molecule has 0 spiro atoms. The minimum Gasteiger partial charge on any atom is -0.377 e. The smallest absolute Gasteiger partial charge is 0.237 e.